The molecule has 0 fully saturated rings. The lowest BCUT2D eigenvalue weighted by Gasteiger charge is -2.09. The molecule has 6 nitrogen and oxygen atoms in total. The summed E-state index contributed by atoms with van der Waals surface area (Å²) < 4.78 is 16.8. The van der Waals surface area contributed by atoms with Gasteiger partial charge in [-0.05, 0) is 36.4 Å². The number of halogens is 1. The highest BCUT2D eigenvalue weighted by Gasteiger charge is 2.19. The second kappa shape index (κ2) is 7.27. The molecule has 1 aromatic carbocycles. The maximum Gasteiger partial charge on any atom is 0.358 e. The largest absolute Gasteiger partial charge is 0.502 e. The smallest absolute Gasteiger partial charge is 0.358 e. The molecule has 0 aliphatic carbocycles. The number of carbonyl (C=O) groups excluding carboxylic acids is 1. The number of carbonyl (C=O) groups is 1. The molecule has 128 valence electrons. The lowest BCUT2D eigenvalue weighted by molar-refractivity contribution is -0.134. The van der Waals surface area contributed by atoms with Crippen molar-refractivity contribution in [3.05, 3.63) is 59.9 Å². The Morgan fingerprint density at radius 3 is 2.68 bits per heavy atom. The first kappa shape index (κ1) is 16.9. The fourth-order valence-electron chi connectivity index (χ4n) is 2.37. The van der Waals surface area contributed by atoms with Gasteiger partial charge in [0.1, 0.15) is 12.0 Å². The van der Waals surface area contributed by atoms with Gasteiger partial charge in [0.15, 0.2) is 11.5 Å². The zero-order valence-corrected chi connectivity index (χ0v) is 14.4. The third kappa shape index (κ3) is 3.44. The Bertz CT molecular complexity index is 909. The van der Waals surface area contributed by atoms with Crippen LogP contribution in [0.4, 0.5) is 0 Å². The van der Waals surface area contributed by atoms with Crippen molar-refractivity contribution in [2.75, 3.05) is 14.2 Å². The first-order valence-corrected chi connectivity index (χ1v) is 7.74. The molecule has 0 aliphatic heterocycles. The molecule has 0 bridgehead atoms. The van der Waals surface area contributed by atoms with Crippen LogP contribution >= 0.6 is 11.6 Å². The highest BCUT2D eigenvalue weighted by Crippen LogP contribution is 2.28. The number of hydrogen-bond acceptors (Lipinski definition) is 5. The molecule has 0 amide bonds. The Balaban J connectivity index is 1.99. The first-order chi connectivity index (χ1) is 12.1. The predicted octanol–water partition coefficient (Wildman–Crippen LogP) is 4.08. The summed E-state index contributed by atoms with van der Waals surface area (Å²) in [6, 6.07) is 12.6. The summed E-state index contributed by atoms with van der Waals surface area (Å²) in [7, 11) is 2.77. The number of aromatic nitrogens is 2. The minimum atomic E-state index is -0.527. The van der Waals surface area contributed by atoms with E-state index in [-0.39, 0.29) is 5.70 Å². The van der Waals surface area contributed by atoms with Crippen molar-refractivity contribution in [2.45, 2.75) is 0 Å². The molecule has 0 aliphatic rings. The van der Waals surface area contributed by atoms with Gasteiger partial charge in [-0.1, -0.05) is 16.8 Å². The highest BCUT2D eigenvalue weighted by atomic mass is 35.5. The molecule has 2 aromatic heterocycles. The van der Waals surface area contributed by atoms with E-state index in [0.29, 0.717) is 22.2 Å². The maximum atomic E-state index is 12.0. The molecular weight excluding hydrogens is 344 g/mol. The van der Waals surface area contributed by atoms with Crippen LogP contribution in [-0.4, -0.2) is 29.9 Å². The van der Waals surface area contributed by atoms with E-state index in [1.54, 1.807) is 35.0 Å². The summed E-state index contributed by atoms with van der Waals surface area (Å²) in [6.45, 7) is 0. The fraction of sp³-hybridized carbons (Fsp3) is 0.111. The maximum absolute atomic E-state index is 12.0. The first-order valence-electron chi connectivity index (χ1n) is 7.36. The topological polar surface area (TPSA) is 66.5 Å². The standard InChI is InChI=1S/C18H15ClN2O4/c1-23-11-16(18(22)24-2)21-9-3-4-15(21)14-10-17(25-20-14)12-5-7-13(19)8-6-12/h3-11H,1-2H3. The third-order valence-corrected chi connectivity index (χ3v) is 3.79. The van der Waals surface area contributed by atoms with Crippen LogP contribution in [0.2, 0.25) is 5.02 Å². The molecule has 25 heavy (non-hydrogen) atoms. The summed E-state index contributed by atoms with van der Waals surface area (Å²) in [6.07, 6.45) is 3.03. The Labute approximate surface area is 149 Å². The lowest BCUT2D eigenvalue weighted by atomic mass is 10.1. The molecule has 0 atom stereocenters. The lowest BCUT2D eigenvalue weighted by Crippen LogP contribution is -2.11. The van der Waals surface area contributed by atoms with Crippen molar-refractivity contribution in [2.24, 2.45) is 0 Å². The quantitative estimate of drug-likeness (QED) is 0.390. The average molecular weight is 359 g/mol. The molecule has 0 saturated carbocycles. The van der Waals surface area contributed by atoms with Gasteiger partial charge in [-0.3, -0.25) is 0 Å². The SMILES string of the molecule is COC=C(C(=O)OC)n1cccc1-c1cc(-c2ccc(Cl)cc2)on1. The monoisotopic (exact) mass is 358 g/mol. The number of methoxy groups -OCH3 is 2. The molecule has 7 heteroatoms. The van der Waals surface area contributed by atoms with Gasteiger partial charge >= 0.3 is 5.97 Å². The number of nitrogens with zero attached hydrogens (tertiary/aromatic N) is 2. The van der Waals surface area contributed by atoms with Crippen LogP contribution in [0, 0.1) is 0 Å². The van der Waals surface area contributed by atoms with Crippen LogP contribution in [-0.2, 0) is 14.3 Å². The van der Waals surface area contributed by atoms with Crippen LogP contribution in [0.25, 0.3) is 28.4 Å². The van der Waals surface area contributed by atoms with E-state index < -0.39 is 5.97 Å². The molecule has 0 radical (unpaired) electrons. The number of esters is 1. The van der Waals surface area contributed by atoms with E-state index in [1.807, 2.05) is 18.2 Å². The zero-order valence-electron chi connectivity index (χ0n) is 13.6. The minimum absolute atomic E-state index is 0.223. The van der Waals surface area contributed by atoms with Gasteiger partial charge in [0.05, 0.1) is 19.9 Å². The highest BCUT2D eigenvalue weighted by molar-refractivity contribution is 6.30. The van der Waals surface area contributed by atoms with Gasteiger partial charge in [-0.15, -0.1) is 0 Å². The Hall–Kier alpha value is -2.99. The number of ether oxygens (including phenoxy) is 2. The summed E-state index contributed by atoms with van der Waals surface area (Å²) in [4.78, 5) is 12.0. The molecule has 0 unspecified atom stereocenters. The van der Waals surface area contributed by atoms with Crippen molar-refractivity contribution in [1.82, 2.24) is 9.72 Å². The van der Waals surface area contributed by atoms with Gasteiger partial charge in [-0.25, -0.2) is 4.79 Å². The van der Waals surface area contributed by atoms with Crippen molar-refractivity contribution < 1.29 is 18.8 Å². The van der Waals surface area contributed by atoms with Crippen LogP contribution in [0.3, 0.4) is 0 Å². The molecule has 2 heterocycles. The van der Waals surface area contributed by atoms with E-state index in [1.165, 1.54) is 20.5 Å². The summed E-state index contributed by atoms with van der Waals surface area (Å²) in [5, 5.41) is 4.74. The minimum Gasteiger partial charge on any atom is -0.502 e. The predicted molar refractivity (Wildman–Crippen MR) is 93.7 cm³/mol. The Morgan fingerprint density at radius 2 is 2.00 bits per heavy atom. The number of benzene rings is 1. The van der Waals surface area contributed by atoms with Crippen molar-refractivity contribution in [3.8, 4) is 22.7 Å². The van der Waals surface area contributed by atoms with E-state index in [4.69, 9.17) is 25.6 Å². The summed E-state index contributed by atoms with van der Waals surface area (Å²) in [5.74, 6) is 0.0653. The molecular formula is C18H15ClN2O4. The summed E-state index contributed by atoms with van der Waals surface area (Å²) in [5.41, 5.74) is 2.31. The molecule has 0 N–H and O–H groups in total. The van der Waals surface area contributed by atoms with E-state index in [2.05, 4.69) is 5.16 Å². The molecule has 3 rings (SSSR count). The Morgan fingerprint density at radius 1 is 1.24 bits per heavy atom. The Kier molecular flexibility index (Phi) is 4.90. The second-order valence-corrected chi connectivity index (χ2v) is 5.51. The van der Waals surface area contributed by atoms with Gasteiger partial charge in [0, 0.05) is 22.8 Å². The molecule has 0 saturated heterocycles. The summed E-state index contributed by atoms with van der Waals surface area (Å²) >= 11 is 5.90. The van der Waals surface area contributed by atoms with Gasteiger partial charge in [0.2, 0.25) is 0 Å². The van der Waals surface area contributed by atoms with E-state index >= 15 is 0 Å². The van der Waals surface area contributed by atoms with E-state index in [0.717, 1.165) is 5.56 Å². The fourth-order valence-corrected chi connectivity index (χ4v) is 2.49. The van der Waals surface area contributed by atoms with Crippen LogP contribution in [0.5, 0.6) is 0 Å². The number of hydrogen-bond donors (Lipinski definition) is 0. The molecule has 0 spiro atoms. The third-order valence-electron chi connectivity index (χ3n) is 3.53. The van der Waals surface area contributed by atoms with Gasteiger partial charge in [0.25, 0.3) is 0 Å². The van der Waals surface area contributed by atoms with Gasteiger partial charge < -0.3 is 18.6 Å². The second-order valence-electron chi connectivity index (χ2n) is 5.08. The number of rotatable bonds is 5. The van der Waals surface area contributed by atoms with Crippen molar-refractivity contribution in [3.63, 3.8) is 0 Å². The zero-order chi connectivity index (χ0) is 17.8. The van der Waals surface area contributed by atoms with Crippen molar-refractivity contribution >= 4 is 23.3 Å². The average Bonchev–Trinajstić information content (AvgIpc) is 3.28. The van der Waals surface area contributed by atoms with Crippen LogP contribution in [0.1, 0.15) is 0 Å². The van der Waals surface area contributed by atoms with Crippen LogP contribution in [0.15, 0.2) is 59.4 Å². The normalized spacial score (nSPS) is 11.4. The molecule has 3 aromatic rings. The van der Waals surface area contributed by atoms with Crippen molar-refractivity contribution in [1.29, 1.82) is 0 Å². The van der Waals surface area contributed by atoms with Crippen LogP contribution < -0.4 is 0 Å². The van der Waals surface area contributed by atoms with E-state index in [9.17, 15) is 4.79 Å². The van der Waals surface area contributed by atoms with Gasteiger partial charge in [-0.2, -0.15) is 0 Å².